The smallest absolute Gasteiger partial charge is 0.151 e. The van der Waals surface area contributed by atoms with Crippen molar-refractivity contribution in [1.82, 2.24) is 13.9 Å². The maximum Gasteiger partial charge on any atom is 0.151 e. The van der Waals surface area contributed by atoms with Crippen molar-refractivity contribution >= 4 is 52.3 Å². The molecule has 5 heteroatoms. The van der Waals surface area contributed by atoms with E-state index >= 15 is 0 Å². The second-order valence-electron chi connectivity index (χ2n) is 5.18. The number of aromatic nitrogens is 3. The van der Waals surface area contributed by atoms with E-state index in [-0.39, 0.29) is 0 Å². The molecule has 0 amide bonds. The lowest BCUT2D eigenvalue weighted by Crippen LogP contribution is -1.85. The van der Waals surface area contributed by atoms with E-state index in [4.69, 9.17) is 0 Å². The number of hydrogen-bond donors (Lipinski definition) is 0. The van der Waals surface area contributed by atoms with Crippen LogP contribution in [-0.2, 0) is 0 Å². The highest BCUT2D eigenvalue weighted by atomic mass is 127. The Balaban J connectivity index is 2.03. The van der Waals surface area contributed by atoms with Gasteiger partial charge in [-0.1, -0.05) is 6.07 Å². The van der Waals surface area contributed by atoms with Gasteiger partial charge in [0.05, 0.1) is 5.52 Å². The van der Waals surface area contributed by atoms with Gasteiger partial charge in [-0.3, -0.25) is 8.96 Å². The number of nitrogens with zero attached hydrogens (tertiary/aromatic N) is 3. The number of fused-ring (bicyclic) bond motifs is 2. The number of benzene rings is 1. The number of hydrogen-bond acceptors (Lipinski definition) is 3. The lowest BCUT2D eigenvalue weighted by Gasteiger charge is -2.05. The van der Waals surface area contributed by atoms with Crippen LogP contribution in [0.15, 0.2) is 55.0 Å². The maximum atomic E-state index is 4.51. The molecule has 3 nitrogen and oxygen atoms in total. The van der Waals surface area contributed by atoms with Gasteiger partial charge in [0, 0.05) is 65.3 Å². The van der Waals surface area contributed by atoms with E-state index in [1.807, 2.05) is 24.5 Å². The zero-order chi connectivity index (χ0) is 15.1. The lowest BCUT2D eigenvalue weighted by molar-refractivity contribution is 1.27. The van der Waals surface area contributed by atoms with Crippen molar-refractivity contribution in [2.75, 3.05) is 0 Å². The third-order valence-corrected chi connectivity index (χ3v) is 5.51. The van der Waals surface area contributed by atoms with Crippen molar-refractivity contribution in [3.8, 4) is 11.1 Å². The third kappa shape index (κ3) is 2.19. The average Bonchev–Trinajstić information content (AvgIpc) is 2.94. The standard InChI is InChI=1S/C17H12IN3S/c1-11-8-13(9-12-4-2-6-19-16(11)12)15-10-21(22-18)17-14(15)5-3-7-20-17/h2-10H,1H3. The molecule has 0 spiro atoms. The Labute approximate surface area is 144 Å². The molecule has 22 heavy (non-hydrogen) atoms. The van der Waals surface area contributed by atoms with Crippen molar-refractivity contribution in [2.24, 2.45) is 0 Å². The Bertz CT molecular complexity index is 994. The lowest BCUT2D eigenvalue weighted by atomic mass is 10.0. The first-order chi connectivity index (χ1) is 10.8. The second-order valence-corrected chi connectivity index (χ2v) is 6.89. The van der Waals surface area contributed by atoms with E-state index in [1.165, 1.54) is 27.5 Å². The summed E-state index contributed by atoms with van der Waals surface area (Å²) < 4.78 is 2.11. The van der Waals surface area contributed by atoms with Crippen LogP contribution in [-0.4, -0.2) is 13.9 Å². The van der Waals surface area contributed by atoms with E-state index in [0.29, 0.717) is 0 Å². The van der Waals surface area contributed by atoms with Crippen LogP contribution in [0.1, 0.15) is 5.56 Å². The van der Waals surface area contributed by atoms with E-state index in [0.717, 1.165) is 11.2 Å². The molecular formula is C17H12IN3S. The fourth-order valence-electron chi connectivity index (χ4n) is 2.84. The van der Waals surface area contributed by atoms with Crippen LogP contribution in [0.2, 0.25) is 0 Å². The topological polar surface area (TPSA) is 30.7 Å². The van der Waals surface area contributed by atoms with Crippen molar-refractivity contribution in [3.05, 3.63) is 60.6 Å². The Hall–Kier alpha value is -1.60. The van der Waals surface area contributed by atoms with Crippen molar-refractivity contribution in [2.45, 2.75) is 6.92 Å². The first-order valence-electron chi connectivity index (χ1n) is 6.89. The highest BCUT2D eigenvalue weighted by Crippen LogP contribution is 2.35. The molecule has 0 aliphatic rings. The zero-order valence-corrected chi connectivity index (χ0v) is 14.8. The highest BCUT2D eigenvalue weighted by molar-refractivity contribution is 14.2. The van der Waals surface area contributed by atoms with Gasteiger partial charge in [0.25, 0.3) is 0 Å². The summed E-state index contributed by atoms with van der Waals surface area (Å²) in [5, 5.41) is 2.35. The number of rotatable bonds is 2. The summed E-state index contributed by atoms with van der Waals surface area (Å²) in [4.78, 5) is 8.98. The molecular weight excluding hydrogens is 405 g/mol. The molecule has 0 unspecified atom stereocenters. The Kier molecular flexibility index (Phi) is 3.54. The molecule has 0 bridgehead atoms. The van der Waals surface area contributed by atoms with Crippen LogP contribution in [0.5, 0.6) is 0 Å². The Morgan fingerprint density at radius 2 is 1.91 bits per heavy atom. The monoisotopic (exact) mass is 417 g/mol. The quantitative estimate of drug-likeness (QED) is 0.409. The van der Waals surface area contributed by atoms with Crippen LogP contribution in [0.3, 0.4) is 0 Å². The molecule has 4 rings (SSSR count). The van der Waals surface area contributed by atoms with Gasteiger partial charge in [0.1, 0.15) is 0 Å². The fourth-order valence-corrected chi connectivity index (χ4v) is 4.10. The van der Waals surface area contributed by atoms with Crippen LogP contribution in [0.25, 0.3) is 33.1 Å². The third-order valence-electron chi connectivity index (χ3n) is 3.81. The van der Waals surface area contributed by atoms with Gasteiger partial charge < -0.3 is 0 Å². The Morgan fingerprint density at radius 3 is 2.77 bits per heavy atom. The molecule has 0 radical (unpaired) electrons. The van der Waals surface area contributed by atoms with Crippen molar-refractivity contribution in [3.63, 3.8) is 0 Å². The van der Waals surface area contributed by atoms with Gasteiger partial charge in [0.15, 0.2) is 5.65 Å². The minimum absolute atomic E-state index is 1.00. The average molecular weight is 417 g/mol. The van der Waals surface area contributed by atoms with Crippen LogP contribution >= 0.6 is 30.3 Å². The SMILES string of the molecule is Cc1cc(-c2cn(SI)c3ncccc23)cc2cccnc12. The normalized spacial score (nSPS) is 11.4. The maximum absolute atomic E-state index is 4.51. The first kappa shape index (κ1) is 14.0. The second kappa shape index (κ2) is 5.55. The molecule has 1 aromatic carbocycles. The molecule has 0 saturated carbocycles. The van der Waals surface area contributed by atoms with E-state index in [1.54, 1.807) is 9.12 Å². The minimum atomic E-state index is 1.00. The summed E-state index contributed by atoms with van der Waals surface area (Å²) in [6, 6.07) is 12.6. The van der Waals surface area contributed by atoms with Gasteiger partial charge in [-0.2, -0.15) is 0 Å². The number of halogens is 1. The van der Waals surface area contributed by atoms with Gasteiger partial charge in [-0.15, -0.1) is 0 Å². The van der Waals surface area contributed by atoms with Gasteiger partial charge in [-0.05, 0) is 48.4 Å². The molecule has 3 heterocycles. The molecule has 0 aliphatic heterocycles. The van der Waals surface area contributed by atoms with E-state index in [9.17, 15) is 0 Å². The van der Waals surface area contributed by atoms with Crippen molar-refractivity contribution in [1.29, 1.82) is 0 Å². The summed E-state index contributed by atoms with van der Waals surface area (Å²) in [5.74, 6) is 0. The molecule has 3 aromatic heterocycles. The zero-order valence-electron chi connectivity index (χ0n) is 11.8. The van der Waals surface area contributed by atoms with E-state index < -0.39 is 0 Å². The van der Waals surface area contributed by atoms with Gasteiger partial charge in [0.2, 0.25) is 0 Å². The summed E-state index contributed by atoms with van der Waals surface area (Å²) in [6.07, 6.45) is 5.84. The summed E-state index contributed by atoms with van der Waals surface area (Å²) >= 11 is 2.28. The van der Waals surface area contributed by atoms with E-state index in [2.05, 4.69) is 72.5 Å². The molecule has 0 fully saturated rings. The number of pyridine rings is 2. The molecule has 0 N–H and O–H groups in total. The van der Waals surface area contributed by atoms with Crippen LogP contribution in [0.4, 0.5) is 0 Å². The molecule has 0 atom stereocenters. The first-order valence-corrected chi connectivity index (χ1v) is 10.2. The fraction of sp³-hybridized carbons (Fsp3) is 0.0588. The predicted octanol–water partition coefficient (Wildman–Crippen LogP) is 5.41. The molecule has 4 aromatic rings. The summed E-state index contributed by atoms with van der Waals surface area (Å²) in [7, 11) is 1.63. The largest absolute Gasteiger partial charge is 0.265 e. The van der Waals surface area contributed by atoms with Crippen LogP contribution in [0, 0.1) is 6.92 Å². The predicted molar refractivity (Wildman–Crippen MR) is 102 cm³/mol. The molecule has 0 aliphatic carbocycles. The Morgan fingerprint density at radius 1 is 1.09 bits per heavy atom. The number of aryl methyl sites for hydroxylation is 1. The summed E-state index contributed by atoms with van der Waals surface area (Å²) in [5.41, 5.74) is 5.68. The van der Waals surface area contributed by atoms with Crippen LogP contribution < -0.4 is 0 Å². The van der Waals surface area contributed by atoms with Crippen molar-refractivity contribution < 1.29 is 0 Å². The molecule has 0 saturated heterocycles. The molecule has 108 valence electrons. The van der Waals surface area contributed by atoms with Gasteiger partial charge >= 0.3 is 0 Å². The summed E-state index contributed by atoms with van der Waals surface area (Å²) in [6.45, 7) is 2.11. The van der Waals surface area contributed by atoms with Gasteiger partial charge in [-0.25, -0.2) is 4.98 Å². The highest BCUT2D eigenvalue weighted by Gasteiger charge is 2.12. The minimum Gasteiger partial charge on any atom is -0.265 e.